The zero-order valence-electron chi connectivity index (χ0n) is 11.6. The molecular formula is C15H19N3O2. The Morgan fingerprint density at radius 3 is 3.25 bits per heavy atom. The molecule has 0 spiro atoms. The Morgan fingerprint density at radius 2 is 2.40 bits per heavy atom. The molecule has 106 valence electrons. The van der Waals surface area contributed by atoms with Gasteiger partial charge in [0.2, 0.25) is 5.91 Å². The minimum absolute atomic E-state index is 0.104. The van der Waals surface area contributed by atoms with Gasteiger partial charge in [-0.2, -0.15) is 0 Å². The van der Waals surface area contributed by atoms with Gasteiger partial charge in [-0.05, 0) is 31.6 Å². The Morgan fingerprint density at radius 1 is 1.50 bits per heavy atom. The van der Waals surface area contributed by atoms with Gasteiger partial charge in [0.25, 0.3) is 0 Å². The van der Waals surface area contributed by atoms with Crippen molar-refractivity contribution in [2.45, 2.75) is 13.3 Å². The molecule has 2 aromatic heterocycles. The number of fused-ring (bicyclic) bond motifs is 1. The zero-order valence-corrected chi connectivity index (χ0v) is 11.6. The van der Waals surface area contributed by atoms with Crippen molar-refractivity contribution >= 4 is 17.6 Å². The Bertz CT molecular complexity index is 590. The maximum atomic E-state index is 11.6. The van der Waals surface area contributed by atoms with Gasteiger partial charge in [-0.3, -0.25) is 4.79 Å². The normalized spacial score (nSPS) is 11.2. The molecule has 2 rings (SSSR count). The summed E-state index contributed by atoms with van der Waals surface area (Å²) in [5, 5.41) is 2.82. The van der Waals surface area contributed by atoms with Gasteiger partial charge in [-0.25, -0.2) is 4.98 Å². The van der Waals surface area contributed by atoms with Crippen LogP contribution in [0, 0.1) is 0 Å². The molecule has 0 saturated carbocycles. The van der Waals surface area contributed by atoms with E-state index in [1.54, 1.807) is 12.3 Å². The predicted octanol–water partition coefficient (Wildman–Crippen LogP) is 1.89. The van der Waals surface area contributed by atoms with Gasteiger partial charge in [0, 0.05) is 32.0 Å². The molecule has 0 aliphatic rings. The summed E-state index contributed by atoms with van der Waals surface area (Å²) < 4.78 is 7.13. The highest BCUT2D eigenvalue weighted by Crippen LogP contribution is 2.07. The first-order chi connectivity index (χ1) is 9.81. The van der Waals surface area contributed by atoms with E-state index in [0.29, 0.717) is 19.8 Å². The van der Waals surface area contributed by atoms with Gasteiger partial charge < -0.3 is 14.5 Å². The number of ether oxygens (including phenoxy) is 1. The number of amides is 1. The molecule has 1 amide bonds. The number of carbonyl (C=O) groups is 1. The van der Waals surface area contributed by atoms with Crippen LogP contribution in [-0.2, 0) is 9.53 Å². The first-order valence-corrected chi connectivity index (χ1v) is 6.77. The van der Waals surface area contributed by atoms with Crippen LogP contribution in [0.5, 0.6) is 0 Å². The van der Waals surface area contributed by atoms with Crippen LogP contribution >= 0.6 is 0 Å². The lowest BCUT2D eigenvalue weighted by Crippen LogP contribution is -2.23. The van der Waals surface area contributed by atoms with E-state index < -0.39 is 0 Å². The van der Waals surface area contributed by atoms with E-state index in [0.717, 1.165) is 17.8 Å². The first kappa shape index (κ1) is 14.3. The minimum Gasteiger partial charge on any atom is -0.382 e. The summed E-state index contributed by atoms with van der Waals surface area (Å²) >= 11 is 0. The molecule has 5 nitrogen and oxygen atoms in total. The van der Waals surface area contributed by atoms with Gasteiger partial charge in [0.05, 0.1) is 11.9 Å². The first-order valence-electron chi connectivity index (χ1n) is 6.77. The molecule has 2 aromatic rings. The average Bonchev–Trinajstić information content (AvgIpc) is 2.88. The van der Waals surface area contributed by atoms with Crippen LogP contribution in [0.4, 0.5) is 0 Å². The Hall–Kier alpha value is -2.14. The van der Waals surface area contributed by atoms with Gasteiger partial charge >= 0.3 is 0 Å². The van der Waals surface area contributed by atoms with Crippen LogP contribution in [0.3, 0.4) is 0 Å². The summed E-state index contributed by atoms with van der Waals surface area (Å²) in [7, 11) is 0. The second-order valence-corrected chi connectivity index (χ2v) is 4.29. The number of hydrogen-bond donors (Lipinski definition) is 1. The largest absolute Gasteiger partial charge is 0.382 e. The van der Waals surface area contributed by atoms with Gasteiger partial charge in [0.15, 0.2) is 0 Å². The molecule has 0 atom stereocenters. The Kier molecular flexibility index (Phi) is 5.32. The number of nitrogens with zero attached hydrogens (tertiary/aromatic N) is 2. The summed E-state index contributed by atoms with van der Waals surface area (Å²) in [6.07, 6.45) is 7.77. The highest BCUT2D eigenvalue weighted by Gasteiger charge is 1.99. The molecule has 0 aliphatic heterocycles. The molecular weight excluding hydrogens is 254 g/mol. The number of nitrogens with one attached hydrogen (secondary N) is 1. The van der Waals surface area contributed by atoms with E-state index in [1.807, 2.05) is 35.7 Å². The average molecular weight is 273 g/mol. The van der Waals surface area contributed by atoms with Crippen LogP contribution in [0.2, 0.25) is 0 Å². The van der Waals surface area contributed by atoms with E-state index in [2.05, 4.69) is 10.3 Å². The van der Waals surface area contributed by atoms with E-state index in [1.165, 1.54) is 6.08 Å². The van der Waals surface area contributed by atoms with Crippen LogP contribution in [0.15, 0.2) is 36.7 Å². The molecule has 1 N–H and O–H groups in total. The van der Waals surface area contributed by atoms with E-state index in [9.17, 15) is 4.79 Å². The maximum absolute atomic E-state index is 11.6. The number of hydrogen-bond acceptors (Lipinski definition) is 3. The van der Waals surface area contributed by atoms with E-state index in [4.69, 9.17) is 4.74 Å². The molecule has 0 unspecified atom stereocenters. The SMILES string of the molecule is CCOCCCNC(=O)/C=C/c1cnc2ccccn12. The van der Waals surface area contributed by atoms with E-state index in [-0.39, 0.29) is 5.91 Å². The summed E-state index contributed by atoms with van der Waals surface area (Å²) in [4.78, 5) is 15.9. The quantitative estimate of drug-likeness (QED) is 0.619. The van der Waals surface area contributed by atoms with Crippen molar-refractivity contribution < 1.29 is 9.53 Å². The standard InChI is InChI=1S/C15H19N3O2/c1-2-20-11-5-9-16-15(19)8-7-13-12-17-14-6-3-4-10-18(13)14/h3-4,6-8,10,12H,2,5,9,11H2,1H3,(H,16,19)/b8-7+. The molecule has 0 saturated heterocycles. The second-order valence-electron chi connectivity index (χ2n) is 4.29. The Labute approximate surface area is 118 Å². The molecule has 0 radical (unpaired) electrons. The van der Waals surface area contributed by atoms with Gasteiger partial charge in [-0.15, -0.1) is 0 Å². The number of rotatable bonds is 7. The topological polar surface area (TPSA) is 55.6 Å². The van der Waals surface area contributed by atoms with Crippen molar-refractivity contribution in [3.8, 4) is 0 Å². The molecule has 5 heteroatoms. The molecule has 20 heavy (non-hydrogen) atoms. The minimum atomic E-state index is -0.104. The van der Waals surface area contributed by atoms with Crippen LogP contribution in [-0.4, -0.2) is 35.1 Å². The number of aromatic nitrogens is 2. The third-order valence-corrected chi connectivity index (χ3v) is 2.82. The van der Waals surface area contributed by atoms with Crippen LogP contribution in [0.25, 0.3) is 11.7 Å². The fraction of sp³-hybridized carbons (Fsp3) is 0.333. The summed E-state index contributed by atoms with van der Waals surface area (Å²) in [6, 6.07) is 5.78. The maximum Gasteiger partial charge on any atom is 0.244 e. The fourth-order valence-electron chi connectivity index (χ4n) is 1.83. The van der Waals surface area contributed by atoms with E-state index >= 15 is 0 Å². The summed E-state index contributed by atoms with van der Waals surface area (Å²) in [6.45, 7) is 3.96. The van der Waals surface area contributed by atoms with Crippen LogP contribution < -0.4 is 5.32 Å². The van der Waals surface area contributed by atoms with Gasteiger partial charge in [0.1, 0.15) is 5.65 Å². The lowest BCUT2D eigenvalue weighted by molar-refractivity contribution is -0.116. The van der Waals surface area contributed by atoms with Crippen molar-refractivity contribution in [2.75, 3.05) is 19.8 Å². The monoisotopic (exact) mass is 273 g/mol. The van der Waals surface area contributed by atoms with Crippen molar-refractivity contribution in [2.24, 2.45) is 0 Å². The molecule has 2 heterocycles. The van der Waals surface area contributed by atoms with Gasteiger partial charge in [-0.1, -0.05) is 6.07 Å². The number of pyridine rings is 1. The molecule has 0 bridgehead atoms. The Balaban J connectivity index is 1.84. The third kappa shape index (κ3) is 3.93. The number of carbonyl (C=O) groups excluding carboxylic acids is 1. The van der Waals surface area contributed by atoms with Crippen molar-refractivity contribution in [3.63, 3.8) is 0 Å². The predicted molar refractivity (Wildman–Crippen MR) is 78.3 cm³/mol. The molecule has 0 aromatic carbocycles. The summed E-state index contributed by atoms with van der Waals surface area (Å²) in [5.41, 5.74) is 1.74. The molecule has 0 fully saturated rings. The molecule has 0 aliphatic carbocycles. The van der Waals surface area contributed by atoms with Crippen molar-refractivity contribution in [3.05, 3.63) is 42.4 Å². The smallest absolute Gasteiger partial charge is 0.244 e. The highest BCUT2D eigenvalue weighted by molar-refractivity contribution is 5.91. The lowest BCUT2D eigenvalue weighted by Gasteiger charge is -2.02. The fourth-order valence-corrected chi connectivity index (χ4v) is 1.83. The zero-order chi connectivity index (χ0) is 14.2. The third-order valence-electron chi connectivity index (χ3n) is 2.82. The number of imidazole rings is 1. The van der Waals surface area contributed by atoms with Crippen LogP contribution in [0.1, 0.15) is 19.0 Å². The highest BCUT2D eigenvalue weighted by atomic mass is 16.5. The summed E-state index contributed by atoms with van der Waals surface area (Å²) in [5.74, 6) is -0.104. The lowest BCUT2D eigenvalue weighted by atomic mass is 10.3. The van der Waals surface area contributed by atoms with Crippen molar-refractivity contribution in [1.82, 2.24) is 14.7 Å². The second kappa shape index (κ2) is 7.45. The van der Waals surface area contributed by atoms with Crippen molar-refractivity contribution in [1.29, 1.82) is 0 Å².